The number of carboxylic acid groups (broad SMARTS) is 1. The second kappa shape index (κ2) is 5.30. The molecule has 8 heteroatoms. The maximum atomic E-state index is 12.4. The molecule has 7 nitrogen and oxygen atoms in total. The van der Waals surface area contributed by atoms with Gasteiger partial charge in [-0.05, 0) is 13.8 Å². The summed E-state index contributed by atoms with van der Waals surface area (Å²) in [5.41, 5.74) is -1.52. The normalized spacial score (nSPS) is 12.9. The Hall–Kier alpha value is -1.41. The fraction of sp³-hybridized carbons (Fsp3) is 0.636. The topological polar surface area (TPSA) is 103 Å². The summed E-state index contributed by atoms with van der Waals surface area (Å²) in [4.78, 5) is 17.9. The number of imidazole rings is 1. The van der Waals surface area contributed by atoms with Crippen molar-refractivity contribution in [2.24, 2.45) is 0 Å². The Morgan fingerprint density at radius 2 is 2.05 bits per heavy atom. The fourth-order valence-electron chi connectivity index (χ4n) is 1.75. The van der Waals surface area contributed by atoms with Crippen LogP contribution in [0.15, 0.2) is 11.2 Å². The number of carbonyl (C=O) groups is 1. The van der Waals surface area contributed by atoms with Crippen LogP contribution in [0.3, 0.4) is 0 Å². The molecule has 0 aliphatic heterocycles. The zero-order chi connectivity index (χ0) is 14.8. The largest absolute Gasteiger partial charge is 0.480 e. The van der Waals surface area contributed by atoms with Gasteiger partial charge in [-0.25, -0.2) is 13.4 Å². The van der Waals surface area contributed by atoms with Crippen LogP contribution in [-0.2, 0) is 21.2 Å². The number of carboxylic acids is 1. The molecule has 0 saturated carbocycles. The molecule has 0 bridgehead atoms. The van der Waals surface area contributed by atoms with Gasteiger partial charge in [-0.1, -0.05) is 13.8 Å². The highest BCUT2D eigenvalue weighted by molar-refractivity contribution is 7.89. The third-order valence-electron chi connectivity index (χ3n) is 2.94. The van der Waals surface area contributed by atoms with Crippen molar-refractivity contribution in [1.29, 1.82) is 0 Å². The average Bonchev–Trinajstić information content (AvgIpc) is 2.77. The highest BCUT2D eigenvalue weighted by Gasteiger charge is 2.42. The molecular weight excluding hydrogens is 270 g/mol. The lowest BCUT2D eigenvalue weighted by molar-refractivity contribution is -0.146. The minimum absolute atomic E-state index is 0.0577. The monoisotopic (exact) mass is 289 g/mol. The predicted octanol–water partition coefficient (Wildman–Crippen LogP) is 0.846. The molecule has 1 aromatic heterocycles. The SMILES string of the molecule is CCc1ncc(S(=O)(=O)N(CC)C(C)(C)C(=O)O)[nH]1. The Bertz CT molecular complexity index is 562. The highest BCUT2D eigenvalue weighted by atomic mass is 32.2. The quantitative estimate of drug-likeness (QED) is 0.808. The number of likely N-dealkylation sites (N-methyl/N-ethyl adjacent to an activating group) is 1. The van der Waals surface area contributed by atoms with E-state index in [-0.39, 0.29) is 11.6 Å². The van der Waals surface area contributed by atoms with Crippen LogP contribution in [-0.4, -0.2) is 45.9 Å². The van der Waals surface area contributed by atoms with Gasteiger partial charge < -0.3 is 10.1 Å². The Balaban J connectivity index is 3.27. The van der Waals surface area contributed by atoms with E-state index < -0.39 is 21.5 Å². The van der Waals surface area contributed by atoms with Crippen molar-refractivity contribution in [3.63, 3.8) is 0 Å². The Kier molecular flexibility index (Phi) is 4.36. The Morgan fingerprint density at radius 1 is 1.47 bits per heavy atom. The maximum Gasteiger partial charge on any atom is 0.324 e. The molecule has 0 atom stereocenters. The summed E-state index contributed by atoms with van der Waals surface area (Å²) in [6, 6.07) is 0. The second-order valence-corrected chi connectivity index (χ2v) is 6.41. The molecule has 108 valence electrons. The van der Waals surface area contributed by atoms with E-state index >= 15 is 0 Å². The number of H-pyrrole nitrogens is 1. The van der Waals surface area contributed by atoms with Gasteiger partial charge >= 0.3 is 5.97 Å². The molecule has 0 fully saturated rings. The van der Waals surface area contributed by atoms with Crippen molar-refractivity contribution >= 4 is 16.0 Å². The smallest absolute Gasteiger partial charge is 0.324 e. The van der Waals surface area contributed by atoms with Crippen molar-refractivity contribution in [1.82, 2.24) is 14.3 Å². The van der Waals surface area contributed by atoms with Gasteiger partial charge in [-0.2, -0.15) is 4.31 Å². The molecular formula is C11H19N3O4S. The van der Waals surface area contributed by atoms with Crippen molar-refractivity contribution < 1.29 is 18.3 Å². The third-order valence-corrected chi connectivity index (χ3v) is 5.00. The van der Waals surface area contributed by atoms with Gasteiger partial charge in [-0.3, -0.25) is 4.79 Å². The van der Waals surface area contributed by atoms with Crippen LogP contribution < -0.4 is 0 Å². The number of nitrogens with one attached hydrogen (secondary N) is 1. The number of aromatic nitrogens is 2. The summed E-state index contributed by atoms with van der Waals surface area (Å²) in [5, 5.41) is 9.09. The summed E-state index contributed by atoms with van der Waals surface area (Å²) in [6.45, 7) is 6.20. The highest BCUT2D eigenvalue weighted by Crippen LogP contribution is 2.23. The number of rotatable bonds is 6. The van der Waals surface area contributed by atoms with Gasteiger partial charge in [0.25, 0.3) is 10.0 Å². The van der Waals surface area contributed by atoms with Crippen molar-refractivity contribution in [3.8, 4) is 0 Å². The summed E-state index contributed by atoms with van der Waals surface area (Å²) in [5.74, 6) is -0.657. The van der Waals surface area contributed by atoms with Gasteiger partial charge in [0.15, 0.2) is 5.03 Å². The van der Waals surface area contributed by atoms with Crippen LogP contribution in [0, 0.1) is 0 Å². The van der Waals surface area contributed by atoms with Crippen LogP contribution >= 0.6 is 0 Å². The van der Waals surface area contributed by atoms with Gasteiger partial charge in [0.2, 0.25) is 0 Å². The molecule has 0 unspecified atom stereocenters. The minimum atomic E-state index is -3.91. The number of sulfonamides is 1. The van der Waals surface area contributed by atoms with Crippen LogP contribution in [0.1, 0.15) is 33.5 Å². The van der Waals surface area contributed by atoms with Crippen molar-refractivity contribution in [2.75, 3.05) is 6.54 Å². The number of hydrogen-bond acceptors (Lipinski definition) is 4. The van der Waals surface area contributed by atoms with Crippen LogP contribution in [0.2, 0.25) is 0 Å². The van der Waals surface area contributed by atoms with E-state index in [1.807, 2.05) is 6.92 Å². The van der Waals surface area contributed by atoms with Gasteiger partial charge in [0.05, 0.1) is 6.20 Å². The molecule has 0 aliphatic rings. The van der Waals surface area contributed by atoms with Crippen molar-refractivity contribution in [2.45, 2.75) is 44.7 Å². The van der Waals surface area contributed by atoms with Gasteiger partial charge in [0, 0.05) is 13.0 Å². The number of hydrogen-bond donors (Lipinski definition) is 2. The summed E-state index contributed by atoms with van der Waals surface area (Å²) < 4.78 is 25.8. The van der Waals surface area contributed by atoms with E-state index in [1.54, 1.807) is 6.92 Å². The lowest BCUT2D eigenvalue weighted by Gasteiger charge is -2.32. The van der Waals surface area contributed by atoms with Crippen LogP contribution in [0.5, 0.6) is 0 Å². The van der Waals surface area contributed by atoms with Gasteiger partial charge in [0.1, 0.15) is 11.4 Å². The molecule has 0 amide bonds. The van der Waals surface area contributed by atoms with Crippen molar-refractivity contribution in [3.05, 3.63) is 12.0 Å². The summed E-state index contributed by atoms with van der Waals surface area (Å²) in [7, 11) is -3.91. The van der Waals surface area contributed by atoms with E-state index in [4.69, 9.17) is 0 Å². The van der Waals surface area contributed by atoms with Crippen LogP contribution in [0.4, 0.5) is 0 Å². The maximum absolute atomic E-state index is 12.4. The lowest BCUT2D eigenvalue weighted by atomic mass is 10.1. The number of aryl methyl sites for hydroxylation is 1. The summed E-state index contributed by atoms with van der Waals surface area (Å²) >= 11 is 0. The average molecular weight is 289 g/mol. The first-order chi connectivity index (χ1) is 8.67. The fourth-order valence-corrected chi connectivity index (χ4v) is 3.43. The van der Waals surface area contributed by atoms with E-state index in [0.29, 0.717) is 12.2 Å². The molecule has 1 aromatic rings. The number of aliphatic carboxylic acids is 1. The molecule has 1 rings (SSSR count). The number of nitrogens with zero attached hydrogens (tertiary/aromatic N) is 2. The predicted molar refractivity (Wildman–Crippen MR) is 69.2 cm³/mol. The summed E-state index contributed by atoms with van der Waals surface area (Å²) in [6.07, 6.45) is 1.79. The molecule has 2 N–H and O–H groups in total. The standard InChI is InChI=1S/C11H19N3O4S/c1-5-8-12-7-9(13-8)19(17,18)14(6-2)11(3,4)10(15)16/h7H,5-6H2,1-4H3,(H,12,13)(H,15,16). The first-order valence-corrected chi connectivity index (χ1v) is 7.42. The van der Waals surface area contributed by atoms with E-state index in [0.717, 1.165) is 4.31 Å². The first kappa shape index (κ1) is 15.6. The molecule has 19 heavy (non-hydrogen) atoms. The van der Waals surface area contributed by atoms with Gasteiger partial charge in [-0.15, -0.1) is 0 Å². The second-order valence-electron chi connectivity index (χ2n) is 4.58. The zero-order valence-corrected chi connectivity index (χ0v) is 12.3. The molecule has 1 heterocycles. The molecule has 0 spiro atoms. The Morgan fingerprint density at radius 3 is 2.42 bits per heavy atom. The lowest BCUT2D eigenvalue weighted by Crippen LogP contribution is -2.52. The number of aromatic amines is 1. The van der Waals surface area contributed by atoms with E-state index in [2.05, 4.69) is 9.97 Å². The molecule has 0 radical (unpaired) electrons. The van der Waals surface area contributed by atoms with Crippen LogP contribution in [0.25, 0.3) is 0 Å². The minimum Gasteiger partial charge on any atom is -0.480 e. The first-order valence-electron chi connectivity index (χ1n) is 5.98. The molecule has 0 saturated heterocycles. The van der Waals surface area contributed by atoms with E-state index in [9.17, 15) is 18.3 Å². The molecule has 0 aromatic carbocycles. The molecule has 0 aliphatic carbocycles. The van der Waals surface area contributed by atoms with E-state index in [1.165, 1.54) is 20.0 Å². The zero-order valence-electron chi connectivity index (χ0n) is 11.5. The Labute approximate surface area is 112 Å². The third kappa shape index (κ3) is 2.79.